The Bertz CT molecular complexity index is 419. The maximum atomic E-state index is 11.9. The molecule has 1 amide bonds. The van der Waals surface area contributed by atoms with Crippen molar-refractivity contribution in [2.24, 2.45) is 0 Å². The number of nitrogens with one attached hydrogen (secondary N) is 1. The highest BCUT2D eigenvalue weighted by molar-refractivity contribution is 5.92. The molecule has 0 saturated carbocycles. The highest BCUT2D eigenvalue weighted by Gasteiger charge is 2.15. The molecule has 1 aliphatic heterocycles. The van der Waals surface area contributed by atoms with E-state index in [0.717, 1.165) is 31.7 Å². The van der Waals surface area contributed by atoms with Crippen molar-refractivity contribution in [2.45, 2.75) is 19.8 Å². The summed E-state index contributed by atoms with van der Waals surface area (Å²) in [5.41, 5.74) is 0.424. The molecule has 2 heterocycles. The molecule has 0 unspecified atom stereocenters. The number of morpholine rings is 1. The zero-order chi connectivity index (χ0) is 13.5. The Morgan fingerprint density at radius 1 is 1.42 bits per heavy atom. The van der Waals surface area contributed by atoms with Crippen LogP contribution in [0.25, 0.3) is 0 Å². The van der Waals surface area contributed by atoms with Crippen molar-refractivity contribution >= 4 is 11.7 Å². The number of nitrogens with zero attached hydrogens (tertiary/aromatic N) is 3. The van der Waals surface area contributed by atoms with Gasteiger partial charge >= 0.3 is 0 Å². The van der Waals surface area contributed by atoms with Gasteiger partial charge in [0.2, 0.25) is 0 Å². The normalized spacial score (nSPS) is 15.3. The van der Waals surface area contributed by atoms with Crippen LogP contribution in [0.5, 0.6) is 0 Å². The number of unbranched alkanes of at least 4 members (excludes halogenated alkanes) is 1. The third-order valence-corrected chi connectivity index (χ3v) is 3.04. The van der Waals surface area contributed by atoms with Gasteiger partial charge in [-0.3, -0.25) is 4.79 Å². The van der Waals surface area contributed by atoms with Gasteiger partial charge in [-0.15, -0.1) is 0 Å². The number of carbonyl (C=O) groups excluding carboxylic acids is 1. The zero-order valence-electron chi connectivity index (χ0n) is 11.3. The number of rotatable bonds is 5. The molecule has 0 aromatic carbocycles. The highest BCUT2D eigenvalue weighted by atomic mass is 16.5. The van der Waals surface area contributed by atoms with E-state index >= 15 is 0 Å². The largest absolute Gasteiger partial charge is 0.378 e. The molecule has 1 aliphatic rings. The molecule has 0 atom stereocenters. The summed E-state index contributed by atoms with van der Waals surface area (Å²) in [5, 5.41) is 2.86. The summed E-state index contributed by atoms with van der Waals surface area (Å²) in [6, 6.07) is 1.74. The minimum absolute atomic E-state index is 0.134. The van der Waals surface area contributed by atoms with E-state index in [1.54, 1.807) is 6.07 Å². The van der Waals surface area contributed by atoms with Crippen LogP contribution in [0, 0.1) is 0 Å². The first kappa shape index (κ1) is 13.7. The van der Waals surface area contributed by atoms with E-state index in [1.165, 1.54) is 6.33 Å². The SMILES string of the molecule is CCCCNC(=O)c1cc(N2CCOCC2)ncn1. The first-order valence-corrected chi connectivity index (χ1v) is 6.74. The summed E-state index contributed by atoms with van der Waals surface area (Å²) >= 11 is 0. The topological polar surface area (TPSA) is 67.4 Å². The average Bonchev–Trinajstić information content (AvgIpc) is 2.48. The Labute approximate surface area is 113 Å². The number of anilines is 1. The summed E-state index contributed by atoms with van der Waals surface area (Å²) in [6.45, 7) is 5.77. The summed E-state index contributed by atoms with van der Waals surface area (Å²) in [4.78, 5) is 22.3. The van der Waals surface area contributed by atoms with Gasteiger partial charge in [0.05, 0.1) is 13.2 Å². The fraction of sp³-hybridized carbons (Fsp3) is 0.615. The predicted octanol–water partition coefficient (Wildman–Crippen LogP) is 0.843. The molecule has 6 nitrogen and oxygen atoms in total. The summed E-state index contributed by atoms with van der Waals surface area (Å²) < 4.78 is 5.30. The summed E-state index contributed by atoms with van der Waals surface area (Å²) in [5.74, 6) is 0.657. The van der Waals surface area contributed by atoms with Crippen LogP contribution < -0.4 is 10.2 Å². The van der Waals surface area contributed by atoms with Crippen LogP contribution in [0.4, 0.5) is 5.82 Å². The molecule has 6 heteroatoms. The van der Waals surface area contributed by atoms with Gasteiger partial charge in [0.1, 0.15) is 17.8 Å². The van der Waals surface area contributed by atoms with Crippen LogP contribution in [-0.4, -0.2) is 48.7 Å². The number of aromatic nitrogens is 2. The zero-order valence-corrected chi connectivity index (χ0v) is 11.3. The van der Waals surface area contributed by atoms with Gasteiger partial charge < -0.3 is 15.0 Å². The third kappa shape index (κ3) is 3.89. The second kappa shape index (κ2) is 7.04. The summed E-state index contributed by atoms with van der Waals surface area (Å²) in [7, 11) is 0. The summed E-state index contributed by atoms with van der Waals surface area (Å²) in [6.07, 6.45) is 3.48. The monoisotopic (exact) mass is 264 g/mol. The van der Waals surface area contributed by atoms with Crippen molar-refractivity contribution in [1.29, 1.82) is 0 Å². The standard InChI is InChI=1S/C13H20N4O2/c1-2-3-4-14-13(18)11-9-12(16-10-15-11)17-5-7-19-8-6-17/h9-10H,2-8H2,1H3,(H,14,18). The van der Waals surface area contributed by atoms with Crippen LogP contribution in [-0.2, 0) is 4.74 Å². The van der Waals surface area contributed by atoms with E-state index in [2.05, 4.69) is 27.1 Å². The van der Waals surface area contributed by atoms with E-state index in [-0.39, 0.29) is 5.91 Å². The Kier molecular flexibility index (Phi) is 5.09. The van der Waals surface area contributed by atoms with E-state index in [4.69, 9.17) is 4.74 Å². The first-order chi connectivity index (χ1) is 9.31. The van der Waals surface area contributed by atoms with Crippen LogP contribution in [0.3, 0.4) is 0 Å². The van der Waals surface area contributed by atoms with Gasteiger partial charge in [0, 0.05) is 25.7 Å². The van der Waals surface area contributed by atoms with Gasteiger partial charge in [-0.25, -0.2) is 9.97 Å². The van der Waals surface area contributed by atoms with Gasteiger partial charge in [0.25, 0.3) is 5.91 Å². The lowest BCUT2D eigenvalue weighted by molar-refractivity contribution is 0.0948. The van der Waals surface area contributed by atoms with Gasteiger partial charge in [-0.1, -0.05) is 13.3 Å². The molecule has 1 aromatic heterocycles. The molecule has 1 saturated heterocycles. The smallest absolute Gasteiger partial charge is 0.270 e. The molecule has 0 radical (unpaired) electrons. The van der Waals surface area contributed by atoms with Crippen molar-refractivity contribution < 1.29 is 9.53 Å². The molecule has 104 valence electrons. The van der Waals surface area contributed by atoms with Crippen LogP contribution >= 0.6 is 0 Å². The van der Waals surface area contributed by atoms with Crippen LogP contribution in [0.2, 0.25) is 0 Å². The maximum absolute atomic E-state index is 11.9. The van der Waals surface area contributed by atoms with E-state index in [1.807, 2.05) is 0 Å². The Morgan fingerprint density at radius 3 is 2.95 bits per heavy atom. The van der Waals surface area contributed by atoms with Crippen molar-refractivity contribution in [1.82, 2.24) is 15.3 Å². The van der Waals surface area contributed by atoms with Gasteiger partial charge in [-0.05, 0) is 6.42 Å². The molecule has 0 spiro atoms. The Hall–Kier alpha value is -1.69. The molecule has 1 fully saturated rings. The lowest BCUT2D eigenvalue weighted by atomic mass is 10.3. The molecular formula is C13H20N4O2. The van der Waals surface area contributed by atoms with Gasteiger partial charge in [-0.2, -0.15) is 0 Å². The minimum Gasteiger partial charge on any atom is -0.378 e. The van der Waals surface area contributed by atoms with E-state index < -0.39 is 0 Å². The lowest BCUT2D eigenvalue weighted by Crippen LogP contribution is -2.37. The molecule has 1 N–H and O–H groups in total. The average molecular weight is 264 g/mol. The second-order valence-electron chi connectivity index (χ2n) is 4.47. The first-order valence-electron chi connectivity index (χ1n) is 6.74. The fourth-order valence-corrected chi connectivity index (χ4v) is 1.91. The van der Waals surface area contributed by atoms with Crippen molar-refractivity contribution in [2.75, 3.05) is 37.7 Å². The predicted molar refractivity (Wildman–Crippen MR) is 72.3 cm³/mol. The number of hydrogen-bond donors (Lipinski definition) is 1. The lowest BCUT2D eigenvalue weighted by Gasteiger charge is -2.27. The third-order valence-electron chi connectivity index (χ3n) is 3.04. The van der Waals surface area contributed by atoms with Crippen LogP contribution in [0.1, 0.15) is 30.3 Å². The number of hydrogen-bond acceptors (Lipinski definition) is 5. The second-order valence-corrected chi connectivity index (χ2v) is 4.47. The quantitative estimate of drug-likeness (QED) is 0.798. The minimum atomic E-state index is -0.134. The molecular weight excluding hydrogens is 244 g/mol. The van der Waals surface area contributed by atoms with Crippen molar-refractivity contribution in [3.63, 3.8) is 0 Å². The molecule has 2 rings (SSSR count). The van der Waals surface area contributed by atoms with Crippen molar-refractivity contribution in [3.05, 3.63) is 18.1 Å². The Balaban J connectivity index is 1.99. The van der Waals surface area contributed by atoms with Crippen LogP contribution in [0.15, 0.2) is 12.4 Å². The molecule has 1 aromatic rings. The highest BCUT2D eigenvalue weighted by Crippen LogP contribution is 2.12. The van der Waals surface area contributed by atoms with Gasteiger partial charge in [0.15, 0.2) is 0 Å². The number of ether oxygens (including phenoxy) is 1. The number of carbonyl (C=O) groups is 1. The maximum Gasteiger partial charge on any atom is 0.270 e. The van der Waals surface area contributed by atoms with Crippen molar-refractivity contribution in [3.8, 4) is 0 Å². The van der Waals surface area contributed by atoms with E-state index in [0.29, 0.717) is 25.5 Å². The molecule has 19 heavy (non-hydrogen) atoms. The fourth-order valence-electron chi connectivity index (χ4n) is 1.91. The number of amides is 1. The van der Waals surface area contributed by atoms with E-state index in [9.17, 15) is 4.79 Å². The molecule has 0 aliphatic carbocycles. The molecule has 0 bridgehead atoms. The Morgan fingerprint density at radius 2 is 2.21 bits per heavy atom.